The van der Waals surface area contributed by atoms with Gasteiger partial charge in [-0.05, 0) is 67.7 Å². The van der Waals surface area contributed by atoms with Gasteiger partial charge in [-0.3, -0.25) is 0 Å². The zero-order valence-electron chi connectivity index (χ0n) is 19.2. The third kappa shape index (κ3) is 4.26. The van der Waals surface area contributed by atoms with Crippen LogP contribution in [-0.2, 0) is 0 Å². The minimum absolute atomic E-state index is 0.163. The summed E-state index contributed by atoms with van der Waals surface area (Å²) in [5, 5.41) is 0.750. The highest BCUT2D eigenvalue weighted by Crippen LogP contribution is 2.41. The zero-order chi connectivity index (χ0) is 22.9. The third-order valence-electron chi connectivity index (χ3n) is 6.49. The Balaban J connectivity index is 1.52. The third-order valence-corrected chi connectivity index (χ3v) is 6.90. The molecule has 2 aliphatic rings. The van der Waals surface area contributed by atoms with E-state index in [2.05, 4.69) is 53.3 Å². The number of likely N-dealkylation sites (tertiary alicyclic amines) is 1. The van der Waals surface area contributed by atoms with Gasteiger partial charge in [-0.15, -0.1) is 0 Å². The van der Waals surface area contributed by atoms with Crippen molar-refractivity contribution >= 4 is 22.6 Å². The molecule has 5 rings (SSSR count). The number of nitrogens with zero attached hydrogens (tertiary/aromatic N) is 2. The first-order valence-electron chi connectivity index (χ1n) is 11.4. The zero-order valence-corrected chi connectivity index (χ0v) is 19.9. The van der Waals surface area contributed by atoms with Crippen molar-refractivity contribution in [1.82, 2.24) is 14.9 Å². The first-order valence-corrected chi connectivity index (χ1v) is 11.7. The van der Waals surface area contributed by atoms with Gasteiger partial charge in [-0.1, -0.05) is 42.5 Å². The molecular weight excluding hydrogens is 430 g/mol. The van der Waals surface area contributed by atoms with E-state index in [1.165, 1.54) is 5.70 Å². The van der Waals surface area contributed by atoms with E-state index in [1.807, 2.05) is 37.3 Å². The molecule has 1 aromatic heterocycles. The number of fused-ring (bicyclic) bond motifs is 1. The van der Waals surface area contributed by atoms with Crippen molar-refractivity contribution in [3.05, 3.63) is 88.2 Å². The van der Waals surface area contributed by atoms with Crippen molar-refractivity contribution in [2.75, 3.05) is 13.7 Å². The summed E-state index contributed by atoms with van der Waals surface area (Å²) in [6.45, 7) is 5.29. The van der Waals surface area contributed by atoms with Gasteiger partial charge in [0.1, 0.15) is 11.6 Å². The summed E-state index contributed by atoms with van der Waals surface area (Å²) < 4.78 is 5.34. The van der Waals surface area contributed by atoms with Crippen molar-refractivity contribution in [2.24, 2.45) is 5.92 Å². The van der Waals surface area contributed by atoms with Crippen LogP contribution in [0.25, 0.3) is 11.0 Å². The average Bonchev–Trinajstić information content (AvgIpc) is 3.40. The molecule has 4 nitrogen and oxygen atoms in total. The van der Waals surface area contributed by atoms with E-state index in [0.29, 0.717) is 5.92 Å². The number of rotatable bonds is 3. The number of nitrogens with one attached hydrogen (secondary N) is 1. The molecule has 0 bridgehead atoms. The summed E-state index contributed by atoms with van der Waals surface area (Å²) in [6, 6.07) is 12.1. The highest BCUT2D eigenvalue weighted by molar-refractivity contribution is 6.32. The number of aryl methyl sites for hydroxylation is 1. The molecule has 167 valence electrons. The van der Waals surface area contributed by atoms with Crippen molar-refractivity contribution in [3.63, 3.8) is 0 Å². The second-order valence-corrected chi connectivity index (χ2v) is 9.18. The van der Waals surface area contributed by atoms with Crippen LogP contribution in [0.15, 0.2) is 59.8 Å². The topological polar surface area (TPSA) is 41.1 Å². The van der Waals surface area contributed by atoms with E-state index in [4.69, 9.17) is 21.3 Å². The second kappa shape index (κ2) is 9.00. The summed E-state index contributed by atoms with van der Waals surface area (Å²) >= 11 is 6.35. The Labute approximate surface area is 200 Å². The average molecular weight is 457 g/mol. The molecule has 2 atom stereocenters. The van der Waals surface area contributed by atoms with Crippen molar-refractivity contribution in [1.29, 1.82) is 0 Å². The highest BCUT2D eigenvalue weighted by Gasteiger charge is 2.36. The number of benzene rings is 2. The van der Waals surface area contributed by atoms with Crippen LogP contribution in [0.2, 0.25) is 5.02 Å². The monoisotopic (exact) mass is 456 g/mol. The van der Waals surface area contributed by atoms with Crippen LogP contribution >= 0.6 is 11.6 Å². The number of imidazole rings is 1. The molecule has 1 N–H and O–H groups in total. The molecule has 2 aromatic carbocycles. The Morgan fingerprint density at radius 2 is 2.09 bits per heavy atom. The lowest BCUT2D eigenvalue weighted by atomic mass is 9.98. The first-order chi connectivity index (χ1) is 16.0. The van der Waals surface area contributed by atoms with Gasteiger partial charge in [0.2, 0.25) is 0 Å². The number of H-pyrrole nitrogens is 1. The van der Waals surface area contributed by atoms with E-state index < -0.39 is 0 Å². The molecule has 1 aliphatic carbocycles. The molecule has 33 heavy (non-hydrogen) atoms. The predicted octanol–water partition coefficient (Wildman–Crippen LogP) is 6.39. The van der Waals surface area contributed by atoms with Gasteiger partial charge in [0.05, 0.1) is 24.2 Å². The second-order valence-electron chi connectivity index (χ2n) is 8.77. The van der Waals surface area contributed by atoms with Crippen molar-refractivity contribution in [2.45, 2.75) is 32.7 Å². The molecular formula is C28H27ClN3O. The Hall–Kier alpha value is -3.16. The molecule has 0 spiro atoms. The Bertz CT molecular complexity index is 1280. The maximum Gasteiger partial charge on any atom is 0.130 e. The van der Waals surface area contributed by atoms with E-state index in [-0.39, 0.29) is 6.04 Å². The molecule has 0 saturated carbocycles. The number of methoxy groups -OCH3 is 1. The van der Waals surface area contributed by atoms with Gasteiger partial charge in [0.15, 0.2) is 0 Å². The Kier molecular flexibility index (Phi) is 5.91. The quantitative estimate of drug-likeness (QED) is 0.464. The summed E-state index contributed by atoms with van der Waals surface area (Å²) in [4.78, 5) is 11.0. The minimum atomic E-state index is 0.163. The number of ether oxygens (including phenoxy) is 1. The summed E-state index contributed by atoms with van der Waals surface area (Å²) in [6.07, 6.45) is 8.63. The lowest BCUT2D eigenvalue weighted by Gasteiger charge is -2.30. The molecule has 1 fully saturated rings. The van der Waals surface area contributed by atoms with Crippen LogP contribution in [0.1, 0.15) is 42.8 Å². The van der Waals surface area contributed by atoms with Crippen molar-refractivity contribution in [3.8, 4) is 17.6 Å². The van der Waals surface area contributed by atoms with Crippen LogP contribution in [-0.4, -0.2) is 28.5 Å². The van der Waals surface area contributed by atoms with Crippen LogP contribution < -0.4 is 4.74 Å². The highest BCUT2D eigenvalue weighted by atomic mass is 35.5. The first kappa shape index (κ1) is 21.7. The maximum atomic E-state index is 6.35. The fourth-order valence-electron chi connectivity index (χ4n) is 4.70. The molecule has 1 radical (unpaired) electrons. The number of aromatic amines is 1. The maximum absolute atomic E-state index is 6.35. The van der Waals surface area contributed by atoms with E-state index in [9.17, 15) is 0 Å². The largest absolute Gasteiger partial charge is 0.497 e. The summed E-state index contributed by atoms with van der Waals surface area (Å²) in [5.74, 6) is 9.02. The Morgan fingerprint density at radius 1 is 1.21 bits per heavy atom. The van der Waals surface area contributed by atoms with Gasteiger partial charge in [0.25, 0.3) is 0 Å². The van der Waals surface area contributed by atoms with Crippen LogP contribution in [0, 0.1) is 31.1 Å². The molecule has 0 unspecified atom stereocenters. The SMILES string of the molecule is COc1cccc(C#CC2=C(N3CC[C@H](C)[C@H]3c3nc4cc(Cl)c(C)cc4[nH]3)C=CC[CH]2)c1. The van der Waals surface area contributed by atoms with Gasteiger partial charge in [-0.25, -0.2) is 4.98 Å². The van der Waals surface area contributed by atoms with Gasteiger partial charge in [-0.2, -0.15) is 0 Å². The fraction of sp³-hybridized carbons (Fsp3) is 0.286. The smallest absolute Gasteiger partial charge is 0.130 e. The van der Waals surface area contributed by atoms with Gasteiger partial charge >= 0.3 is 0 Å². The summed E-state index contributed by atoms with van der Waals surface area (Å²) in [7, 11) is 1.68. The minimum Gasteiger partial charge on any atom is -0.497 e. The van der Waals surface area contributed by atoms with Gasteiger partial charge in [0, 0.05) is 34.8 Å². The van der Waals surface area contributed by atoms with E-state index in [0.717, 1.165) is 63.7 Å². The van der Waals surface area contributed by atoms with Gasteiger partial charge < -0.3 is 14.6 Å². The predicted molar refractivity (Wildman–Crippen MR) is 134 cm³/mol. The molecule has 2 heterocycles. The van der Waals surface area contributed by atoms with Crippen molar-refractivity contribution < 1.29 is 4.74 Å². The normalized spacial score (nSPS) is 20.3. The molecule has 0 amide bonds. The molecule has 5 heteroatoms. The van der Waals surface area contributed by atoms with Crippen LogP contribution in [0.5, 0.6) is 5.75 Å². The van der Waals surface area contributed by atoms with E-state index in [1.54, 1.807) is 7.11 Å². The summed E-state index contributed by atoms with van der Waals surface area (Å²) in [5.41, 5.74) is 6.18. The number of hydrogen-bond acceptors (Lipinski definition) is 3. The number of halogens is 1. The lowest BCUT2D eigenvalue weighted by molar-refractivity contribution is 0.289. The van der Waals surface area contributed by atoms with Crippen LogP contribution in [0.4, 0.5) is 0 Å². The molecule has 1 aliphatic heterocycles. The number of aromatic nitrogens is 2. The number of hydrogen-bond donors (Lipinski definition) is 1. The van der Waals surface area contributed by atoms with E-state index >= 15 is 0 Å². The standard InChI is InChI=1S/C28H27ClN3O/c1-18-13-14-32(27(18)28-30-24-15-19(2)23(29)17-25(24)31-28)26-10-5-4-8-21(26)12-11-20-7-6-9-22(16-20)33-3/h5-10,15-18,27H,4,13-14H2,1-3H3,(H,30,31)/t18-,27-/m0/s1. The lowest BCUT2D eigenvalue weighted by Crippen LogP contribution is -2.26. The molecule has 3 aromatic rings. The Morgan fingerprint density at radius 3 is 2.94 bits per heavy atom. The fourth-order valence-corrected chi connectivity index (χ4v) is 4.86. The number of allylic oxidation sites excluding steroid dienone is 3. The van der Waals surface area contributed by atoms with Crippen LogP contribution in [0.3, 0.4) is 0 Å². The molecule has 1 saturated heterocycles.